The Morgan fingerprint density at radius 2 is 1.63 bits per heavy atom. The van der Waals surface area contributed by atoms with Crippen LogP contribution in [0.3, 0.4) is 0 Å². The molecule has 8 heteroatoms. The van der Waals surface area contributed by atoms with Crippen molar-refractivity contribution in [3.05, 3.63) is 58.8 Å². The fraction of sp³-hybridized carbons (Fsp3) is 0.158. The molecule has 27 heavy (non-hydrogen) atoms. The molecular formula is C19H15F2NO5. The zero-order valence-electron chi connectivity index (χ0n) is 14.7. The van der Waals surface area contributed by atoms with Crippen LogP contribution in [0.4, 0.5) is 8.78 Å². The number of carbonyl (C=O) groups is 1. The molecule has 0 aliphatic carbocycles. The summed E-state index contributed by atoms with van der Waals surface area (Å²) >= 11 is 0. The minimum absolute atomic E-state index is 0.0214. The fourth-order valence-electron chi connectivity index (χ4n) is 2.50. The lowest BCUT2D eigenvalue weighted by atomic mass is 10.1. The first kappa shape index (κ1) is 18.4. The number of carbonyl (C=O) groups excluding carboxylic acids is 1. The Balaban J connectivity index is 2.01. The summed E-state index contributed by atoms with van der Waals surface area (Å²) in [6, 6.07) is 6.40. The second kappa shape index (κ2) is 7.45. The summed E-state index contributed by atoms with van der Waals surface area (Å²) < 4.78 is 47.3. The van der Waals surface area contributed by atoms with Gasteiger partial charge in [0.1, 0.15) is 0 Å². The molecule has 2 aromatic carbocycles. The van der Waals surface area contributed by atoms with Crippen molar-refractivity contribution in [3.8, 4) is 17.2 Å². The first-order valence-electron chi connectivity index (χ1n) is 7.74. The predicted molar refractivity (Wildman–Crippen MR) is 93.1 cm³/mol. The van der Waals surface area contributed by atoms with Gasteiger partial charge in [0, 0.05) is 5.56 Å². The Morgan fingerprint density at radius 1 is 0.963 bits per heavy atom. The van der Waals surface area contributed by atoms with E-state index < -0.39 is 17.6 Å². The van der Waals surface area contributed by atoms with E-state index in [4.69, 9.17) is 18.9 Å². The Labute approximate surface area is 153 Å². The van der Waals surface area contributed by atoms with Crippen molar-refractivity contribution >= 4 is 17.9 Å². The van der Waals surface area contributed by atoms with Crippen LogP contribution in [0, 0.1) is 11.6 Å². The first-order chi connectivity index (χ1) is 13.0. The van der Waals surface area contributed by atoms with Gasteiger partial charge in [-0.25, -0.2) is 18.6 Å². The Morgan fingerprint density at radius 3 is 2.19 bits per heavy atom. The van der Waals surface area contributed by atoms with Crippen LogP contribution in [0.5, 0.6) is 17.2 Å². The summed E-state index contributed by atoms with van der Waals surface area (Å²) in [5.41, 5.74) is 0.645. The van der Waals surface area contributed by atoms with Crippen LogP contribution in [0.15, 0.2) is 41.0 Å². The summed E-state index contributed by atoms with van der Waals surface area (Å²) in [7, 11) is 4.38. The molecular weight excluding hydrogens is 360 g/mol. The number of methoxy groups -OCH3 is 3. The Bertz CT molecular complexity index is 944. The predicted octanol–water partition coefficient (Wildman–Crippen LogP) is 3.34. The SMILES string of the molecule is COc1cc(C2=N/C(=C/c3ccc(F)c(F)c3)C(=O)O2)cc(OC)c1OC. The highest BCUT2D eigenvalue weighted by Crippen LogP contribution is 2.39. The third-order valence-electron chi connectivity index (χ3n) is 3.78. The van der Waals surface area contributed by atoms with Gasteiger partial charge in [-0.15, -0.1) is 0 Å². The molecule has 140 valence electrons. The van der Waals surface area contributed by atoms with Gasteiger partial charge in [-0.1, -0.05) is 6.07 Å². The van der Waals surface area contributed by atoms with E-state index in [1.165, 1.54) is 33.5 Å². The summed E-state index contributed by atoms with van der Waals surface area (Å²) in [6.07, 6.45) is 1.30. The number of ether oxygens (including phenoxy) is 4. The van der Waals surface area contributed by atoms with Crippen LogP contribution < -0.4 is 14.2 Å². The van der Waals surface area contributed by atoms with Gasteiger partial charge in [0.2, 0.25) is 11.6 Å². The van der Waals surface area contributed by atoms with E-state index in [0.29, 0.717) is 22.8 Å². The molecule has 0 N–H and O–H groups in total. The number of rotatable bonds is 5. The van der Waals surface area contributed by atoms with Crippen LogP contribution in [0.25, 0.3) is 6.08 Å². The van der Waals surface area contributed by atoms with Crippen LogP contribution in [0.1, 0.15) is 11.1 Å². The molecule has 1 aliphatic heterocycles. The topological polar surface area (TPSA) is 66.4 Å². The summed E-state index contributed by atoms with van der Waals surface area (Å²) in [5.74, 6) is -1.59. The van der Waals surface area contributed by atoms with Gasteiger partial charge in [0.05, 0.1) is 21.3 Å². The molecule has 1 heterocycles. The number of benzene rings is 2. The highest BCUT2D eigenvalue weighted by molar-refractivity contribution is 6.13. The molecule has 2 aromatic rings. The molecule has 6 nitrogen and oxygen atoms in total. The number of hydrogen-bond acceptors (Lipinski definition) is 6. The van der Waals surface area contributed by atoms with Gasteiger partial charge >= 0.3 is 5.97 Å². The Kier molecular flexibility index (Phi) is 5.07. The first-order valence-corrected chi connectivity index (χ1v) is 7.74. The molecule has 0 radical (unpaired) electrons. The minimum Gasteiger partial charge on any atom is -0.493 e. The summed E-state index contributed by atoms with van der Waals surface area (Å²) in [4.78, 5) is 16.2. The van der Waals surface area contributed by atoms with Crippen molar-refractivity contribution < 1.29 is 32.5 Å². The summed E-state index contributed by atoms with van der Waals surface area (Å²) in [5, 5.41) is 0. The lowest BCUT2D eigenvalue weighted by Crippen LogP contribution is -2.06. The zero-order valence-corrected chi connectivity index (χ0v) is 14.7. The molecule has 0 aromatic heterocycles. The standard InChI is InChI=1S/C19H15F2NO5/c1-24-15-8-11(9-16(25-2)17(15)26-3)18-22-14(19(23)27-18)7-10-4-5-12(20)13(21)6-10/h4-9H,1-3H3/b14-7+. The van der Waals surface area contributed by atoms with Crippen molar-refractivity contribution in [1.29, 1.82) is 0 Å². The van der Waals surface area contributed by atoms with E-state index in [9.17, 15) is 13.6 Å². The maximum absolute atomic E-state index is 13.3. The van der Waals surface area contributed by atoms with Crippen LogP contribution in [-0.2, 0) is 9.53 Å². The van der Waals surface area contributed by atoms with Crippen molar-refractivity contribution in [2.75, 3.05) is 21.3 Å². The van der Waals surface area contributed by atoms with E-state index >= 15 is 0 Å². The normalized spacial score (nSPS) is 14.8. The van der Waals surface area contributed by atoms with Crippen LogP contribution >= 0.6 is 0 Å². The van der Waals surface area contributed by atoms with Gasteiger partial charge < -0.3 is 18.9 Å². The number of esters is 1. The maximum Gasteiger partial charge on any atom is 0.363 e. The highest BCUT2D eigenvalue weighted by atomic mass is 19.2. The van der Waals surface area contributed by atoms with Gasteiger partial charge in [-0.3, -0.25) is 0 Å². The van der Waals surface area contributed by atoms with E-state index in [1.807, 2.05) is 0 Å². The molecule has 0 bridgehead atoms. The molecule has 0 unspecified atom stereocenters. The average Bonchev–Trinajstić information content (AvgIpc) is 3.03. The van der Waals surface area contributed by atoms with Crippen molar-refractivity contribution in [2.24, 2.45) is 4.99 Å². The monoisotopic (exact) mass is 375 g/mol. The number of nitrogens with zero attached hydrogens (tertiary/aromatic N) is 1. The lowest BCUT2D eigenvalue weighted by Gasteiger charge is -2.13. The van der Waals surface area contributed by atoms with E-state index in [1.54, 1.807) is 12.1 Å². The number of aliphatic imine (C=N–C) groups is 1. The van der Waals surface area contributed by atoms with Gasteiger partial charge in [-0.2, -0.15) is 0 Å². The molecule has 0 atom stereocenters. The molecule has 0 amide bonds. The second-order valence-corrected chi connectivity index (χ2v) is 5.42. The van der Waals surface area contributed by atoms with Gasteiger partial charge in [0.25, 0.3) is 0 Å². The molecule has 0 saturated heterocycles. The lowest BCUT2D eigenvalue weighted by molar-refractivity contribution is -0.129. The van der Waals surface area contributed by atoms with E-state index in [-0.39, 0.29) is 17.2 Å². The molecule has 1 aliphatic rings. The average molecular weight is 375 g/mol. The van der Waals surface area contributed by atoms with Crippen molar-refractivity contribution in [1.82, 2.24) is 0 Å². The Hall–Kier alpha value is -3.42. The van der Waals surface area contributed by atoms with Crippen LogP contribution in [0.2, 0.25) is 0 Å². The smallest absolute Gasteiger partial charge is 0.363 e. The van der Waals surface area contributed by atoms with E-state index in [0.717, 1.165) is 12.1 Å². The van der Waals surface area contributed by atoms with Crippen molar-refractivity contribution in [2.45, 2.75) is 0 Å². The molecule has 0 fully saturated rings. The third kappa shape index (κ3) is 3.59. The van der Waals surface area contributed by atoms with Gasteiger partial charge in [0.15, 0.2) is 28.8 Å². The molecule has 3 rings (SSSR count). The second-order valence-electron chi connectivity index (χ2n) is 5.42. The third-order valence-corrected chi connectivity index (χ3v) is 3.78. The zero-order chi connectivity index (χ0) is 19.6. The molecule has 0 saturated carbocycles. The number of hydrogen-bond donors (Lipinski definition) is 0. The van der Waals surface area contributed by atoms with Crippen LogP contribution in [-0.4, -0.2) is 33.2 Å². The quantitative estimate of drug-likeness (QED) is 0.592. The molecule has 0 spiro atoms. The number of cyclic esters (lactones) is 1. The number of halogens is 2. The summed E-state index contributed by atoms with van der Waals surface area (Å²) in [6.45, 7) is 0. The van der Waals surface area contributed by atoms with E-state index in [2.05, 4.69) is 4.99 Å². The minimum atomic E-state index is -1.02. The van der Waals surface area contributed by atoms with Crippen molar-refractivity contribution in [3.63, 3.8) is 0 Å². The fourth-order valence-corrected chi connectivity index (χ4v) is 2.50. The maximum atomic E-state index is 13.3. The van der Waals surface area contributed by atoms with Gasteiger partial charge in [-0.05, 0) is 35.9 Å². The highest BCUT2D eigenvalue weighted by Gasteiger charge is 2.26. The largest absolute Gasteiger partial charge is 0.493 e.